The number of rotatable bonds is 2. The number of nitrogens with zero attached hydrogens (tertiary/aromatic N) is 1. The molecule has 2 aliphatic heterocycles. The fourth-order valence-electron chi connectivity index (χ4n) is 2.58. The molecule has 1 aromatic rings. The first-order valence-corrected chi connectivity index (χ1v) is 6.05. The molecule has 0 bridgehead atoms. The van der Waals surface area contributed by atoms with Crippen LogP contribution in [0.2, 0.25) is 0 Å². The maximum Gasteiger partial charge on any atom is 0.125 e. The van der Waals surface area contributed by atoms with E-state index >= 15 is 0 Å². The van der Waals surface area contributed by atoms with Crippen LogP contribution in [0.4, 0.5) is 5.69 Å². The fourth-order valence-corrected chi connectivity index (χ4v) is 2.58. The third-order valence-corrected chi connectivity index (χ3v) is 3.53. The molecular formula is C13H18N2O. The average molecular weight is 218 g/mol. The monoisotopic (exact) mass is 218 g/mol. The van der Waals surface area contributed by atoms with Gasteiger partial charge in [-0.25, -0.2) is 0 Å². The molecule has 3 heteroatoms. The van der Waals surface area contributed by atoms with E-state index in [-0.39, 0.29) is 0 Å². The molecule has 1 unspecified atom stereocenters. The molecule has 1 N–H and O–H groups in total. The van der Waals surface area contributed by atoms with Crippen LogP contribution in [-0.2, 0) is 6.42 Å². The lowest BCUT2D eigenvalue weighted by Crippen LogP contribution is -2.20. The van der Waals surface area contributed by atoms with Gasteiger partial charge in [0, 0.05) is 31.4 Å². The van der Waals surface area contributed by atoms with Crippen molar-refractivity contribution in [3.05, 3.63) is 23.8 Å². The number of hydrogen-bond donors (Lipinski definition) is 1. The van der Waals surface area contributed by atoms with Crippen molar-refractivity contribution in [2.24, 2.45) is 0 Å². The van der Waals surface area contributed by atoms with E-state index in [4.69, 9.17) is 4.74 Å². The van der Waals surface area contributed by atoms with Gasteiger partial charge in [-0.3, -0.25) is 0 Å². The Morgan fingerprint density at radius 1 is 1.44 bits per heavy atom. The maximum atomic E-state index is 6.08. The van der Waals surface area contributed by atoms with Gasteiger partial charge in [-0.2, -0.15) is 0 Å². The van der Waals surface area contributed by atoms with Crippen LogP contribution >= 0.6 is 0 Å². The molecule has 3 rings (SSSR count). The SMILES string of the molecule is CN1CCc2c(OC3CCNC3)cccc21. The summed E-state index contributed by atoms with van der Waals surface area (Å²) in [5, 5.41) is 3.33. The van der Waals surface area contributed by atoms with Crippen LogP contribution in [0.5, 0.6) is 5.75 Å². The van der Waals surface area contributed by atoms with Gasteiger partial charge >= 0.3 is 0 Å². The lowest BCUT2D eigenvalue weighted by atomic mass is 10.1. The summed E-state index contributed by atoms with van der Waals surface area (Å²) >= 11 is 0. The highest BCUT2D eigenvalue weighted by Gasteiger charge is 2.22. The summed E-state index contributed by atoms with van der Waals surface area (Å²) in [6, 6.07) is 6.39. The number of hydrogen-bond acceptors (Lipinski definition) is 3. The number of ether oxygens (including phenoxy) is 1. The van der Waals surface area contributed by atoms with Crippen LogP contribution in [0.15, 0.2) is 18.2 Å². The van der Waals surface area contributed by atoms with E-state index in [0.29, 0.717) is 6.10 Å². The maximum absolute atomic E-state index is 6.08. The predicted octanol–water partition coefficient (Wildman–Crippen LogP) is 1.42. The Kier molecular flexibility index (Phi) is 2.48. The Bertz CT molecular complexity index is 386. The molecule has 0 spiro atoms. The van der Waals surface area contributed by atoms with Crippen molar-refractivity contribution < 1.29 is 4.74 Å². The minimum atomic E-state index is 0.359. The summed E-state index contributed by atoms with van der Waals surface area (Å²) in [5.74, 6) is 1.09. The standard InChI is InChI=1S/C13H18N2O/c1-15-8-6-11-12(15)3-2-4-13(11)16-10-5-7-14-9-10/h2-4,10,14H,5-9H2,1H3. The predicted molar refractivity (Wildman–Crippen MR) is 65.3 cm³/mol. The third kappa shape index (κ3) is 1.65. The molecule has 1 fully saturated rings. The van der Waals surface area contributed by atoms with E-state index in [1.54, 1.807) is 0 Å². The first-order valence-electron chi connectivity index (χ1n) is 6.05. The van der Waals surface area contributed by atoms with Gasteiger partial charge in [0.1, 0.15) is 11.9 Å². The van der Waals surface area contributed by atoms with E-state index in [1.165, 1.54) is 11.3 Å². The van der Waals surface area contributed by atoms with Crippen molar-refractivity contribution in [2.45, 2.75) is 18.9 Å². The third-order valence-electron chi connectivity index (χ3n) is 3.53. The highest BCUT2D eigenvalue weighted by Crippen LogP contribution is 2.34. The molecule has 0 radical (unpaired) electrons. The smallest absolute Gasteiger partial charge is 0.125 e. The lowest BCUT2D eigenvalue weighted by Gasteiger charge is -2.16. The molecule has 1 atom stereocenters. The van der Waals surface area contributed by atoms with Crippen LogP contribution in [0.1, 0.15) is 12.0 Å². The van der Waals surface area contributed by atoms with E-state index in [1.807, 2.05) is 0 Å². The van der Waals surface area contributed by atoms with Crippen molar-refractivity contribution in [2.75, 3.05) is 31.6 Å². The van der Waals surface area contributed by atoms with Crippen molar-refractivity contribution >= 4 is 5.69 Å². The molecule has 1 saturated heterocycles. The largest absolute Gasteiger partial charge is 0.489 e. The zero-order valence-electron chi connectivity index (χ0n) is 9.70. The van der Waals surface area contributed by atoms with E-state index in [9.17, 15) is 0 Å². The van der Waals surface area contributed by atoms with Crippen molar-refractivity contribution in [1.29, 1.82) is 0 Å². The number of fused-ring (bicyclic) bond motifs is 1. The Balaban J connectivity index is 1.84. The highest BCUT2D eigenvalue weighted by atomic mass is 16.5. The molecule has 2 heterocycles. The van der Waals surface area contributed by atoms with E-state index in [0.717, 1.165) is 38.2 Å². The molecule has 0 amide bonds. The Morgan fingerprint density at radius 2 is 2.38 bits per heavy atom. The van der Waals surface area contributed by atoms with E-state index in [2.05, 4.69) is 35.5 Å². The quantitative estimate of drug-likeness (QED) is 0.812. The van der Waals surface area contributed by atoms with E-state index < -0.39 is 0 Å². The average Bonchev–Trinajstić information content (AvgIpc) is 2.90. The van der Waals surface area contributed by atoms with Gasteiger partial charge in [0.05, 0.1) is 0 Å². The number of benzene rings is 1. The summed E-state index contributed by atoms with van der Waals surface area (Å²) in [5.41, 5.74) is 2.72. The zero-order chi connectivity index (χ0) is 11.0. The van der Waals surface area contributed by atoms with Gasteiger partial charge in [-0.1, -0.05) is 6.07 Å². The number of anilines is 1. The van der Waals surface area contributed by atoms with Gasteiger partial charge in [-0.05, 0) is 31.5 Å². The molecule has 0 aromatic heterocycles. The van der Waals surface area contributed by atoms with Gasteiger partial charge < -0.3 is 15.0 Å². The first-order chi connectivity index (χ1) is 7.84. The van der Waals surface area contributed by atoms with Crippen molar-refractivity contribution in [3.63, 3.8) is 0 Å². The fraction of sp³-hybridized carbons (Fsp3) is 0.538. The lowest BCUT2D eigenvalue weighted by molar-refractivity contribution is 0.221. The molecule has 3 nitrogen and oxygen atoms in total. The van der Waals surface area contributed by atoms with Crippen molar-refractivity contribution in [1.82, 2.24) is 5.32 Å². The van der Waals surface area contributed by atoms with Gasteiger partial charge in [0.2, 0.25) is 0 Å². The van der Waals surface area contributed by atoms with Crippen LogP contribution in [0.25, 0.3) is 0 Å². The minimum absolute atomic E-state index is 0.359. The summed E-state index contributed by atoms with van der Waals surface area (Å²) < 4.78 is 6.08. The summed E-state index contributed by atoms with van der Waals surface area (Å²) in [6.07, 6.45) is 2.60. The van der Waals surface area contributed by atoms with Crippen LogP contribution in [-0.4, -0.2) is 32.8 Å². The van der Waals surface area contributed by atoms with Crippen LogP contribution in [0, 0.1) is 0 Å². The minimum Gasteiger partial charge on any atom is -0.489 e. The second-order valence-electron chi connectivity index (χ2n) is 4.66. The van der Waals surface area contributed by atoms with Crippen LogP contribution < -0.4 is 15.0 Å². The molecule has 0 saturated carbocycles. The molecule has 1 aromatic carbocycles. The Labute approximate surface area is 96.4 Å². The summed E-state index contributed by atoms with van der Waals surface area (Å²) in [4.78, 5) is 2.30. The summed E-state index contributed by atoms with van der Waals surface area (Å²) in [6.45, 7) is 3.18. The van der Waals surface area contributed by atoms with Crippen molar-refractivity contribution in [3.8, 4) is 5.75 Å². The topological polar surface area (TPSA) is 24.5 Å². The molecule has 86 valence electrons. The molecule has 0 aliphatic carbocycles. The Morgan fingerprint density at radius 3 is 3.19 bits per heavy atom. The zero-order valence-corrected chi connectivity index (χ0v) is 9.70. The molecular weight excluding hydrogens is 200 g/mol. The summed E-state index contributed by atoms with van der Waals surface area (Å²) in [7, 11) is 2.15. The van der Waals surface area contributed by atoms with Gasteiger partial charge in [0.15, 0.2) is 0 Å². The second-order valence-corrected chi connectivity index (χ2v) is 4.66. The number of likely N-dealkylation sites (N-methyl/N-ethyl adjacent to an activating group) is 1. The highest BCUT2D eigenvalue weighted by molar-refractivity contribution is 5.62. The normalized spacial score (nSPS) is 23.6. The van der Waals surface area contributed by atoms with Crippen LogP contribution in [0.3, 0.4) is 0 Å². The van der Waals surface area contributed by atoms with Gasteiger partial charge in [0.25, 0.3) is 0 Å². The second kappa shape index (κ2) is 3.98. The van der Waals surface area contributed by atoms with Gasteiger partial charge in [-0.15, -0.1) is 0 Å². The first kappa shape index (κ1) is 9.97. The molecule has 2 aliphatic rings. The Hall–Kier alpha value is -1.22. The molecule has 16 heavy (non-hydrogen) atoms. The number of nitrogens with one attached hydrogen (secondary N) is 1.